The second kappa shape index (κ2) is 9.36. The van der Waals surface area contributed by atoms with Gasteiger partial charge in [-0.25, -0.2) is 0 Å². The third-order valence-corrected chi connectivity index (χ3v) is 2.50. The average molecular weight is 191 g/mol. The lowest BCUT2D eigenvalue weighted by Crippen LogP contribution is -2.19. The van der Waals surface area contributed by atoms with Crippen LogP contribution in [0.4, 0.5) is 0 Å². The molecule has 0 rings (SSSR count). The predicted octanol–water partition coefficient (Wildman–Crippen LogP) is 1.49. The van der Waals surface area contributed by atoms with Gasteiger partial charge in [-0.15, -0.1) is 0 Å². The molecule has 0 saturated carbocycles. The van der Waals surface area contributed by atoms with Gasteiger partial charge in [0.05, 0.1) is 6.10 Å². The summed E-state index contributed by atoms with van der Waals surface area (Å²) < 4.78 is 0. The fraction of sp³-hybridized carbons (Fsp3) is 1.00. The molecule has 1 unspecified atom stereocenters. The van der Waals surface area contributed by atoms with Crippen LogP contribution in [0.15, 0.2) is 0 Å². The third-order valence-electron chi connectivity index (χ3n) is 1.60. The Bertz CT molecular complexity index is 88.6. The van der Waals surface area contributed by atoms with Crippen molar-refractivity contribution < 1.29 is 5.11 Å². The molecule has 2 nitrogen and oxygen atoms in total. The van der Waals surface area contributed by atoms with E-state index in [-0.39, 0.29) is 6.10 Å². The summed E-state index contributed by atoms with van der Waals surface area (Å²) in [5.74, 6) is 2.40. The number of nitrogens with one attached hydrogen (secondary N) is 1. The standard InChI is InChI=1S/C9H21NOS/c1-3-12-8-7-10-6-4-5-9(2)11/h9-11H,3-8H2,1-2H3. The third kappa shape index (κ3) is 10.3. The Morgan fingerprint density at radius 3 is 2.75 bits per heavy atom. The minimum Gasteiger partial charge on any atom is -0.393 e. The summed E-state index contributed by atoms with van der Waals surface area (Å²) in [7, 11) is 0. The van der Waals surface area contributed by atoms with E-state index in [2.05, 4.69) is 12.2 Å². The number of thioether (sulfide) groups is 1. The Labute approximate surface area is 80.1 Å². The summed E-state index contributed by atoms with van der Waals surface area (Å²) >= 11 is 1.96. The Kier molecular flexibility index (Phi) is 9.57. The molecule has 0 aromatic rings. The molecule has 12 heavy (non-hydrogen) atoms. The summed E-state index contributed by atoms with van der Waals surface area (Å²) in [6.45, 7) is 6.15. The second-order valence-electron chi connectivity index (χ2n) is 2.94. The van der Waals surface area contributed by atoms with Gasteiger partial charge in [-0.05, 0) is 32.1 Å². The van der Waals surface area contributed by atoms with Crippen LogP contribution < -0.4 is 5.32 Å². The highest BCUT2D eigenvalue weighted by Gasteiger charge is 1.94. The number of hydrogen-bond donors (Lipinski definition) is 2. The van der Waals surface area contributed by atoms with Crippen LogP contribution in [0.2, 0.25) is 0 Å². The van der Waals surface area contributed by atoms with Crippen LogP contribution in [0.25, 0.3) is 0 Å². The highest BCUT2D eigenvalue weighted by Crippen LogP contribution is 1.96. The Hall–Kier alpha value is 0.270. The van der Waals surface area contributed by atoms with E-state index in [9.17, 15) is 0 Å². The lowest BCUT2D eigenvalue weighted by atomic mass is 10.2. The monoisotopic (exact) mass is 191 g/mol. The average Bonchev–Trinajstić information content (AvgIpc) is 2.02. The van der Waals surface area contributed by atoms with Crippen molar-refractivity contribution in [2.45, 2.75) is 32.8 Å². The fourth-order valence-electron chi connectivity index (χ4n) is 0.936. The van der Waals surface area contributed by atoms with Crippen LogP contribution in [0.1, 0.15) is 26.7 Å². The lowest BCUT2D eigenvalue weighted by molar-refractivity contribution is 0.181. The van der Waals surface area contributed by atoms with Gasteiger partial charge >= 0.3 is 0 Å². The maximum Gasteiger partial charge on any atom is 0.0512 e. The quantitative estimate of drug-likeness (QED) is 0.570. The Morgan fingerprint density at radius 2 is 2.17 bits per heavy atom. The van der Waals surface area contributed by atoms with E-state index in [1.165, 1.54) is 11.5 Å². The fourth-order valence-corrected chi connectivity index (χ4v) is 1.51. The highest BCUT2D eigenvalue weighted by molar-refractivity contribution is 7.99. The summed E-state index contributed by atoms with van der Waals surface area (Å²) in [6.07, 6.45) is 1.85. The van der Waals surface area contributed by atoms with Crippen molar-refractivity contribution in [3.63, 3.8) is 0 Å². The minimum atomic E-state index is -0.142. The number of aliphatic hydroxyl groups excluding tert-OH is 1. The van der Waals surface area contributed by atoms with Gasteiger partial charge in [0.2, 0.25) is 0 Å². The van der Waals surface area contributed by atoms with Gasteiger partial charge in [-0.3, -0.25) is 0 Å². The van der Waals surface area contributed by atoms with Crippen molar-refractivity contribution in [1.29, 1.82) is 0 Å². The van der Waals surface area contributed by atoms with E-state index >= 15 is 0 Å². The maximum absolute atomic E-state index is 8.96. The molecule has 0 saturated heterocycles. The molecule has 0 spiro atoms. The normalized spacial score (nSPS) is 13.2. The number of hydrogen-bond acceptors (Lipinski definition) is 3. The van der Waals surface area contributed by atoms with Gasteiger partial charge in [-0.1, -0.05) is 6.92 Å². The van der Waals surface area contributed by atoms with Crippen LogP contribution >= 0.6 is 11.8 Å². The zero-order valence-electron chi connectivity index (χ0n) is 8.18. The highest BCUT2D eigenvalue weighted by atomic mass is 32.2. The molecule has 0 aromatic carbocycles. The van der Waals surface area contributed by atoms with Crippen molar-refractivity contribution >= 4 is 11.8 Å². The summed E-state index contributed by atoms with van der Waals surface area (Å²) in [5, 5.41) is 12.3. The molecule has 0 bridgehead atoms. The molecule has 1 atom stereocenters. The van der Waals surface area contributed by atoms with E-state index in [1.54, 1.807) is 0 Å². The molecule has 0 aromatic heterocycles. The predicted molar refractivity (Wildman–Crippen MR) is 56.8 cm³/mol. The largest absolute Gasteiger partial charge is 0.393 e. The van der Waals surface area contributed by atoms with Crippen molar-refractivity contribution in [2.24, 2.45) is 0 Å². The summed E-state index contributed by atoms with van der Waals surface area (Å²) in [6, 6.07) is 0. The molecule has 74 valence electrons. The van der Waals surface area contributed by atoms with Crippen molar-refractivity contribution in [1.82, 2.24) is 5.32 Å². The van der Waals surface area contributed by atoms with Crippen LogP contribution in [0.5, 0.6) is 0 Å². The van der Waals surface area contributed by atoms with Gasteiger partial charge in [-0.2, -0.15) is 11.8 Å². The van der Waals surface area contributed by atoms with Crippen LogP contribution in [0, 0.1) is 0 Å². The van der Waals surface area contributed by atoms with Crippen molar-refractivity contribution in [3.8, 4) is 0 Å². The zero-order chi connectivity index (χ0) is 9.23. The molecule has 0 aliphatic carbocycles. The van der Waals surface area contributed by atoms with E-state index in [4.69, 9.17) is 5.11 Å². The molecule has 0 amide bonds. The van der Waals surface area contributed by atoms with E-state index in [1.807, 2.05) is 18.7 Å². The van der Waals surface area contributed by atoms with Gasteiger partial charge < -0.3 is 10.4 Å². The second-order valence-corrected chi connectivity index (χ2v) is 4.33. The van der Waals surface area contributed by atoms with Gasteiger partial charge in [0.1, 0.15) is 0 Å². The molecule has 0 aliphatic heterocycles. The van der Waals surface area contributed by atoms with Crippen molar-refractivity contribution in [3.05, 3.63) is 0 Å². The zero-order valence-corrected chi connectivity index (χ0v) is 8.99. The summed E-state index contributed by atoms with van der Waals surface area (Å²) in [4.78, 5) is 0. The lowest BCUT2D eigenvalue weighted by Gasteiger charge is -2.05. The molecule has 3 heteroatoms. The van der Waals surface area contributed by atoms with Gasteiger partial charge in [0.15, 0.2) is 0 Å². The number of rotatable bonds is 8. The van der Waals surface area contributed by atoms with Crippen molar-refractivity contribution in [2.75, 3.05) is 24.6 Å². The van der Waals surface area contributed by atoms with E-state index in [0.717, 1.165) is 25.9 Å². The SMILES string of the molecule is CCSCCNCCCC(C)O. The number of aliphatic hydroxyl groups is 1. The van der Waals surface area contributed by atoms with Crippen LogP contribution in [0.3, 0.4) is 0 Å². The topological polar surface area (TPSA) is 32.3 Å². The van der Waals surface area contributed by atoms with Gasteiger partial charge in [0, 0.05) is 12.3 Å². The van der Waals surface area contributed by atoms with Gasteiger partial charge in [0.25, 0.3) is 0 Å². The minimum absolute atomic E-state index is 0.142. The molecule has 2 N–H and O–H groups in total. The first-order valence-corrected chi connectivity index (χ1v) is 5.89. The molecular weight excluding hydrogens is 170 g/mol. The Morgan fingerprint density at radius 1 is 1.42 bits per heavy atom. The molecule has 0 fully saturated rings. The smallest absolute Gasteiger partial charge is 0.0512 e. The first-order valence-electron chi connectivity index (χ1n) is 4.74. The summed E-state index contributed by atoms with van der Waals surface area (Å²) in [5.41, 5.74) is 0. The molecular formula is C9H21NOS. The first-order chi connectivity index (χ1) is 5.77. The van der Waals surface area contributed by atoms with Crippen LogP contribution in [-0.2, 0) is 0 Å². The maximum atomic E-state index is 8.96. The van der Waals surface area contributed by atoms with Crippen LogP contribution in [-0.4, -0.2) is 35.8 Å². The van der Waals surface area contributed by atoms with E-state index in [0.29, 0.717) is 0 Å². The van der Waals surface area contributed by atoms with E-state index < -0.39 is 0 Å². The Balaban J connectivity index is 2.82. The molecule has 0 aliphatic rings. The first kappa shape index (κ1) is 12.3. The molecule has 0 radical (unpaired) electrons. The molecule has 0 heterocycles.